The second kappa shape index (κ2) is 43.0. The van der Waals surface area contributed by atoms with Crippen molar-refractivity contribution in [1.29, 1.82) is 0 Å². The van der Waals surface area contributed by atoms with Crippen LogP contribution in [0.15, 0.2) is 66.7 Å². The molecule has 0 bridgehead atoms. The van der Waals surface area contributed by atoms with Crippen LogP contribution in [0, 0.1) is 41.4 Å². The standard InChI is InChI=1S/C76H116F3N9O15/c1-15-49(8)69(59(101-13)44-64(94)87-41-25-29-56(87)71(102-14)51(10)57(89)42-50(9)70(96)53-26-18-16-19-27-53)86(12)74(99)67(47(4)5)84-73(98)68(48(6)7)85(11)61(91)31-21-22-32-65(95)103-45-52-33-35-55(36-34-52)82-72(97)54(28-24-39-81-75(80)100)43-58(90)66(46(2)3)83-60(76(77,78)79)30-20-17-23-40-88-62(92)37-38-63(88)93/h16,18-19,26-27,33-38,46-51,54,56,59-60,66-71,83,96H,15,17,20-25,28-32,39-45H2,1-14H3,(H,82,97)(H,84,98)(H3,80,81,100)/t49-,50-,51-,54+,56-,59+,60-,66-,67-,68-,69-,70+,71+/m0/s1. The highest BCUT2D eigenvalue weighted by molar-refractivity contribution is 6.12. The first kappa shape index (κ1) is 87.8. The molecule has 7 N–H and O–H groups in total. The first-order chi connectivity index (χ1) is 48.6. The highest BCUT2D eigenvalue weighted by Crippen LogP contribution is 2.34. The Morgan fingerprint density at radius 2 is 1.34 bits per heavy atom. The summed E-state index contributed by atoms with van der Waals surface area (Å²) in [6, 6.07) is 8.36. The molecule has 24 nitrogen and oxygen atoms in total. The van der Waals surface area contributed by atoms with Crippen LogP contribution in [0.3, 0.4) is 0 Å². The number of alkyl halides is 3. The predicted molar refractivity (Wildman–Crippen MR) is 384 cm³/mol. The van der Waals surface area contributed by atoms with Crippen LogP contribution in [0.25, 0.3) is 0 Å². The third-order valence-corrected chi connectivity index (χ3v) is 20.1. The number of carbonyl (C=O) groups excluding carboxylic acids is 11. The van der Waals surface area contributed by atoms with E-state index in [1.807, 2.05) is 65.0 Å². The van der Waals surface area contributed by atoms with Gasteiger partial charge in [0.15, 0.2) is 5.78 Å². The van der Waals surface area contributed by atoms with Gasteiger partial charge in [0.1, 0.15) is 30.5 Å². The van der Waals surface area contributed by atoms with E-state index < -0.39 is 138 Å². The van der Waals surface area contributed by atoms with E-state index in [-0.39, 0.29) is 126 Å². The van der Waals surface area contributed by atoms with Gasteiger partial charge in [0.05, 0.1) is 42.9 Å². The summed E-state index contributed by atoms with van der Waals surface area (Å²) in [4.78, 5) is 153. The molecule has 2 aliphatic rings. The van der Waals surface area contributed by atoms with Crippen LogP contribution in [0.1, 0.15) is 189 Å². The maximum absolute atomic E-state index is 14.8. The Labute approximate surface area is 606 Å². The van der Waals surface area contributed by atoms with Crippen LogP contribution in [-0.4, -0.2) is 192 Å². The van der Waals surface area contributed by atoms with Crippen LogP contribution in [-0.2, 0) is 68.8 Å². The van der Waals surface area contributed by atoms with Gasteiger partial charge in [0.2, 0.25) is 29.5 Å². The number of hydrogen-bond donors (Lipinski definition) is 6. The molecule has 2 heterocycles. The Morgan fingerprint density at radius 3 is 1.91 bits per heavy atom. The number of aliphatic hydroxyl groups excluding tert-OH is 1. The normalized spacial score (nSPS) is 17.5. The first-order valence-electron chi connectivity index (χ1n) is 36.5. The fourth-order valence-corrected chi connectivity index (χ4v) is 13.8. The number of nitrogens with zero attached hydrogens (tertiary/aromatic N) is 4. The van der Waals surface area contributed by atoms with Gasteiger partial charge in [-0.05, 0) is 104 Å². The number of methoxy groups -OCH3 is 2. The van der Waals surface area contributed by atoms with Crippen molar-refractivity contribution in [1.82, 2.24) is 35.6 Å². The van der Waals surface area contributed by atoms with E-state index in [2.05, 4.69) is 21.3 Å². The molecule has 0 aliphatic carbocycles. The maximum atomic E-state index is 14.8. The molecule has 0 unspecified atom stereocenters. The molecule has 2 aliphatic heterocycles. The Balaban J connectivity index is 1.30. The average molecular weight is 1450 g/mol. The molecule has 0 radical (unpaired) electrons. The van der Waals surface area contributed by atoms with Crippen LogP contribution in [0.4, 0.5) is 23.7 Å². The fourth-order valence-electron chi connectivity index (χ4n) is 13.8. The number of primary amides is 1. The molecule has 13 atom stereocenters. The number of likely N-dealkylation sites (N-methyl/N-ethyl adjacent to an activating group) is 2. The number of Topliss-reactive ketones (excluding diaryl/α,β-unsaturated/α-hetero) is 2. The summed E-state index contributed by atoms with van der Waals surface area (Å²) < 4.78 is 60.9. The van der Waals surface area contributed by atoms with E-state index in [1.54, 1.807) is 75.7 Å². The highest BCUT2D eigenvalue weighted by atomic mass is 19.4. The SMILES string of the molecule is CC[C@H](C)[C@@H]([C@@H](CC(=O)N1CCC[C@H]1[C@H](OC)[C@@H](C)C(=O)C[C@H](C)[C@@H](O)c1ccccc1)OC)N(C)C(=O)[C@@H](NC(=O)[C@H](C(C)C)N(C)C(=O)CCCCC(=O)OCc1ccc(NC(=O)[C@H](CCCNC(N)=O)CC(=O)[C@@H](N[C@@H](CCCCCN2C(=O)C=CC2=O)C(F)(F)F)C(C)C)cc1)C(C)C. The number of nitrogens with two attached hydrogens (primary N) is 1. The molecular weight excluding hydrogens is 1340 g/mol. The van der Waals surface area contributed by atoms with Gasteiger partial charge in [0.25, 0.3) is 11.8 Å². The number of rotatable bonds is 46. The minimum absolute atomic E-state index is 0.000481. The number of hydrogen-bond acceptors (Lipinski definition) is 16. The fraction of sp³-hybridized carbons (Fsp3) is 0.671. The zero-order valence-electron chi connectivity index (χ0n) is 62.9. The minimum atomic E-state index is -4.72. The number of ketones is 2. The van der Waals surface area contributed by atoms with Crippen molar-refractivity contribution < 1.29 is 85.2 Å². The van der Waals surface area contributed by atoms with Crippen LogP contribution in [0.2, 0.25) is 0 Å². The topological polar surface area (TPSA) is 323 Å². The number of benzene rings is 2. The van der Waals surface area contributed by atoms with Gasteiger partial charge < -0.3 is 55.7 Å². The third kappa shape index (κ3) is 27.1. The second-order valence-electron chi connectivity index (χ2n) is 28.9. The Morgan fingerprint density at radius 1 is 0.709 bits per heavy atom. The molecule has 0 aromatic heterocycles. The molecule has 4 rings (SSSR count). The number of anilines is 1. The summed E-state index contributed by atoms with van der Waals surface area (Å²) in [5, 5.41) is 21.7. The van der Waals surface area contributed by atoms with E-state index in [1.165, 1.54) is 26.2 Å². The van der Waals surface area contributed by atoms with Gasteiger partial charge in [-0.1, -0.05) is 131 Å². The summed E-state index contributed by atoms with van der Waals surface area (Å²) >= 11 is 0. The lowest BCUT2D eigenvalue weighted by Crippen LogP contribution is -2.60. The van der Waals surface area contributed by atoms with Crippen molar-refractivity contribution in [2.24, 2.45) is 47.2 Å². The lowest BCUT2D eigenvalue weighted by Gasteiger charge is -2.41. The predicted octanol–water partition coefficient (Wildman–Crippen LogP) is 9.16. The van der Waals surface area contributed by atoms with Gasteiger partial charge in [-0.25, -0.2) is 4.79 Å². The molecule has 103 heavy (non-hydrogen) atoms. The molecule has 576 valence electrons. The molecule has 2 aromatic rings. The van der Waals surface area contributed by atoms with E-state index in [4.69, 9.17) is 19.9 Å². The molecule has 27 heteroatoms. The largest absolute Gasteiger partial charge is 0.461 e. The highest BCUT2D eigenvalue weighted by Gasteiger charge is 2.45. The second-order valence-corrected chi connectivity index (χ2v) is 28.9. The smallest absolute Gasteiger partial charge is 0.403 e. The number of likely N-dealkylation sites (tertiary alicyclic amines) is 1. The quantitative estimate of drug-likeness (QED) is 0.0204. The first-order valence-corrected chi connectivity index (χ1v) is 36.5. The lowest BCUT2D eigenvalue weighted by molar-refractivity contribution is -0.161. The van der Waals surface area contributed by atoms with Crippen LogP contribution in [0.5, 0.6) is 0 Å². The Hall–Kier alpha value is -7.62. The minimum Gasteiger partial charge on any atom is -0.461 e. The van der Waals surface area contributed by atoms with Crippen molar-refractivity contribution >= 4 is 70.6 Å². The van der Waals surface area contributed by atoms with Gasteiger partial charge in [0, 0.05) is 103 Å². The Bertz CT molecular complexity index is 3120. The van der Waals surface area contributed by atoms with Gasteiger partial charge in [-0.15, -0.1) is 0 Å². The monoisotopic (exact) mass is 1450 g/mol. The average Bonchev–Trinajstić information content (AvgIpc) is 1.80. The molecule has 2 aromatic carbocycles. The molecular formula is C76H116F3N9O15. The molecule has 9 amide bonds. The number of carbonyl (C=O) groups is 11. The van der Waals surface area contributed by atoms with Crippen molar-refractivity contribution in [2.45, 2.75) is 239 Å². The van der Waals surface area contributed by atoms with Gasteiger partial charge >= 0.3 is 18.2 Å². The number of urea groups is 1. The lowest BCUT2D eigenvalue weighted by atomic mass is 9.85. The third-order valence-electron chi connectivity index (χ3n) is 20.1. The van der Waals surface area contributed by atoms with Crippen molar-refractivity contribution in [3.8, 4) is 0 Å². The molecule has 1 fully saturated rings. The number of amides is 9. The van der Waals surface area contributed by atoms with Gasteiger partial charge in [-0.3, -0.25) is 58.2 Å². The van der Waals surface area contributed by atoms with E-state index in [0.717, 1.165) is 22.6 Å². The van der Waals surface area contributed by atoms with Gasteiger partial charge in [-0.2, -0.15) is 13.2 Å². The molecule has 0 saturated carbocycles. The Kier molecular flexibility index (Phi) is 36.6. The number of nitrogens with one attached hydrogen (secondary N) is 4. The summed E-state index contributed by atoms with van der Waals surface area (Å²) in [5.41, 5.74) is 6.82. The van der Waals surface area contributed by atoms with E-state index >= 15 is 0 Å². The zero-order chi connectivity index (χ0) is 77.0. The van der Waals surface area contributed by atoms with Crippen molar-refractivity contribution in [3.05, 3.63) is 77.9 Å². The number of unbranched alkanes of at least 4 members (excludes halogenated alkanes) is 3. The zero-order valence-corrected chi connectivity index (χ0v) is 62.9. The number of halogens is 3. The van der Waals surface area contributed by atoms with Crippen molar-refractivity contribution in [3.63, 3.8) is 0 Å². The number of ether oxygens (including phenoxy) is 3. The molecule has 0 spiro atoms. The van der Waals surface area contributed by atoms with Crippen LogP contribution < -0.4 is 27.0 Å². The number of imide groups is 1. The van der Waals surface area contributed by atoms with Crippen molar-refractivity contribution in [2.75, 3.05) is 53.3 Å². The summed E-state index contributed by atoms with van der Waals surface area (Å²) in [7, 11) is 6.22. The van der Waals surface area contributed by atoms with Crippen LogP contribution >= 0.6 is 0 Å². The number of esters is 1. The number of aliphatic hydroxyl groups is 1. The summed E-state index contributed by atoms with van der Waals surface area (Å²) in [6.45, 7) is 18.5. The maximum Gasteiger partial charge on any atom is 0.403 e. The molecule has 1 saturated heterocycles. The summed E-state index contributed by atoms with van der Waals surface area (Å²) in [5.74, 6) is -7.81. The van der Waals surface area contributed by atoms with E-state index in [0.29, 0.717) is 43.5 Å². The van der Waals surface area contributed by atoms with E-state index in [9.17, 15) is 71.0 Å². The summed E-state index contributed by atoms with van der Waals surface area (Å²) in [6.07, 6.45) is -1.98.